The molecule has 5 nitrogen and oxygen atoms in total. The first-order chi connectivity index (χ1) is 9.04. The Morgan fingerprint density at radius 2 is 2.32 bits per heavy atom. The molecule has 2 N–H and O–H groups in total. The molecule has 1 aliphatic rings. The summed E-state index contributed by atoms with van der Waals surface area (Å²) in [6.45, 7) is 1.75. The highest BCUT2D eigenvalue weighted by Gasteiger charge is 2.25. The van der Waals surface area contributed by atoms with Gasteiger partial charge in [0.05, 0.1) is 10.2 Å². The van der Waals surface area contributed by atoms with E-state index in [1.54, 1.807) is 6.92 Å². The number of amides is 1. The van der Waals surface area contributed by atoms with Crippen molar-refractivity contribution < 1.29 is 9.53 Å². The van der Waals surface area contributed by atoms with Crippen LogP contribution in [0.25, 0.3) is 5.65 Å². The molecule has 1 saturated carbocycles. The van der Waals surface area contributed by atoms with Crippen molar-refractivity contribution in [2.45, 2.75) is 31.8 Å². The number of fused-ring (bicyclic) bond motifs is 1. The van der Waals surface area contributed by atoms with E-state index in [9.17, 15) is 4.79 Å². The van der Waals surface area contributed by atoms with Crippen molar-refractivity contribution in [3.63, 3.8) is 0 Å². The van der Waals surface area contributed by atoms with E-state index in [1.165, 1.54) is 18.4 Å². The van der Waals surface area contributed by atoms with Gasteiger partial charge in [0, 0.05) is 12.4 Å². The van der Waals surface area contributed by atoms with Crippen LogP contribution in [0.15, 0.2) is 22.9 Å². The molecular weight excluding hydrogens is 310 g/mol. The predicted molar refractivity (Wildman–Crippen MR) is 74.0 cm³/mol. The molecule has 1 aliphatic carbocycles. The number of hydrogen-bond acceptors (Lipinski definition) is 3. The van der Waals surface area contributed by atoms with Crippen molar-refractivity contribution in [2.75, 3.05) is 0 Å². The van der Waals surface area contributed by atoms with Gasteiger partial charge in [-0.3, -0.25) is 0 Å². The van der Waals surface area contributed by atoms with Crippen LogP contribution in [0.4, 0.5) is 4.79 Å². The van der Waals surface area contributed by atoms with Gasteiger partial charge < -0.3 is 14.9 Å². The molecule has 2 aromatic heterocycles. The molecule has 3 rings (SSSR count). The standard InChI is InChI=1S/C13H14BrN3O2/c1-7(19-13(15)18)11-6-17-5-9(8-2-3-8)4-10(14)12(17)16-11/h4-8H,2-3H2,1H3,(H2,15,18)/t7-/m1/s1. The highest BCUT2D eigenvalue weighted by Crippen LogP contribution is 2.41. The summed E-state index contributed by atoms with van der Waals surface area (Å²) >= 11 is 3.54. The number of nitrogens with two attached hydrogens (primary N) is 1. The first kappa shape index (κ1) is 12.5. The van der Waals surface area contributed by atoms with E-state index in [0.717, 1.165) is 10.1 Å². The van der Waals surface area contributed by atoms with Crippen molar-refractivity contribution in [1.29, 1.82) is 0 Å². The lowest BCUT2D eigenvalue weighted by atomic mass is 10.2. The Labute approximate surface area is 118 Å². The van der Waals surface area contributed by atoms with E-state index >= 15 is 0 Å². The van der Waals surface area contributed by atoms with Crippen molar-refractivity contribution in [3.8, 4) is 0 Å². The second kappa shape index (κ2) is 4.52. The number of halogens is 1. The Morgan fingerprint density at radius 1 is 1.58 bits per heavy atom. The lowest BCUT2D eigenvalue weighted by Gasteiger charge is -2.06. The molecule has 0 aromatic carbocycles. The maximum Gasteiger partial charge on any atom is 0.405 e. The third-order valence-corrected chi connectivity index (χ3v) is 3.89. The van der Waals surface area contributed by atoms with Gasteiger partial charge in [0.1, 0.15) is 6.10 Å². The van der Waals surface area contributed by atoms with Crippen LogP contribution >= 0.6 is 15.9 Å². The first-order valence-electron chi connectivity index (χ1n) is 6.18. The number of rotatable bonds is 3. The maximum absolute atomic E-state index is 10.8. The topological polar surface area (TPSA) is 69.6 Å². The summed E-state index contributed by atoms with van der Waals surface area (Å²) in [4.78, 5) is 15.2. The monoisotopic (exact) mass is 323 g/mol. The summed E-state index contributed by atoms with van der Waals surface area (Å²) in [6, 6.07) is 2.11. The minimum absolute atomic E-state index is 0.450. The molecule has 2 heterocycles. The van der Waals surface area contributed by atoms with Gasteiger partial charge in [-0.25, -0.2) is 9.78 Å². The largest absolute Gasteiger partial charge is 0.440 e. The highest BCUT2D eigenvalue weighted by atomic mass is 79.9. The third-order valence-electron chi connectivity index (χ3n) is 3.30. The average Bonchev–Trinajstić information content (AvgIpc) is 3.08. The smallest absolute Gasteiger partial charge is 0.405 e. The molecule has 1 atom stereocenters. The Morgan fingerprint density at radius 3 is 2.95 bits per heavy atom. The zero-order valence-electron chi connectivity index (χ0n) is 10.5. The summed E-state index contributed by atoms with van der Waals surface area (Å²) in [6.07, 6.45) is 5.22. The zero-order chi connectivity index (χ0) is 13.6. The second-order valence-electron chi connectivity index (χ2n) is 4.87. The van der Waals surface area contributed by atoms with E-state index in [-0.39, 0.29) is 0 Å². The molecule has 0 saturated heterocycles. The van der Waals surface area contributed by atoms with Crippen LogP contribution in [0.3, 0.4) is 0 Å². The number of nitrogens with zero attached hydrogens (tertiary/aromatic N) is 2. The fourth-order valence-electron chi connectivity index (χ4n) is 2.17. The minimum atomic E-state index is -0.790. The fraction of sp³-hybridized carbons (Fsp3) is 0.385. The van der Waals surface area contributed by atoms with Gasteiger partial charge in [-0.15, -0.1) is 0 Å². The van der Waals surface area contributed by atoms with Gasteiger partial charge in [-0.1, -0.05) is 0 Å². The Balaban J connectivity index is 1.99. The highest BCUT2D eigenvalue weighted by molar-refractivity contribution is 9.10. The first-order valence-corrected chi connectivity index (χ1v) is 6.98. The zero-order valence-corrected chi connectivity index (χ0v) is 12.1. The van der Waals surface area contributed by atoms with Gasteiger partial charge in [0.25, 0.3) is 0 Å². The number of ether oxygens (including phenoxy) is 1. The van der Waals surface area contributed by atoms with Crippen LogP contribution in [0.5, 0.6) is 0 Å². The fourth-order valence-corrected chi connectivity index (χ4v) is 2.72. The molecule has 1 amide bonds. The number of pyridine rings is 1. The van der Waals surface area contributed by atoms with E-state index in [0.29, 0.717) is 11.6 Å². The summed E-state index contributed by atoms with van der Waals surface area (Å²) < 4.78 is 7.86. The Bertz CT molecular complexity index is 649. The van der Waals surface area contributed by atoms with Crippen LogP contribution in [0.2, 0.25) is 0 Å². The SMILES string of the molecule is C[C@@H](OC(N)=O)c1cn2cc(C3CC3)cc(Br)c2n1. The lowest BCUT2D eigenvalue weighted by Crippen LogP contribution is -2.15. The molecule has 2 aromatic rings. The van der Waals surface area contributed by atoms with Crippen LogP contribution in [0, 0.1) is 0 Å². The number of carbonyl (C=O) groups is 1. The molecular formula is C13H14BrN3O2. The molecule has 0 spiro atoms. The minimum Gasteiger partial charge on any atom is -0.440 e. The Hall–Kier alpha value is -1.56. The quantitative estimate of drug-likeness (QED) is 0.943. The Kier molecular flexibility index (Phi) is 2.97. The summed E-state index contributed by atoms with van der Waals surface area (Å²) in [7, 11) is 0. The van der Waals surface area contributed by atoms with Crippen molar-refractivity contribution in [3.05, 3.63) is 34.2 Å². The molecule has 0 unspecified atom stereocenters. The van der Waals surface area contributed by atoms with Gasteiger partial charge in [0.15, 0.2) is 5.65 Å². The normalized spacial score (nSPS) is 16.5. The number of primary amides is 1. The second-order valence-corrected chi connectivity index (χ2v) is 5.73. The van der Waals surface area contributed by atoms with Gasteiger partial charge in [0.2, 0.25) is 0 Å². The van der Waals surface area contributed by atoms with Crippen molar-refractivity contribution in [1.82, 2.24) is 9.38 Å². The van der Waals surface area contributed by atoms with Gasteiger partial charge in [-0.05, 0) is 53.2 Å². The summed E-state index contributed by atoms with van der Waals surface area (Å²) in [5.74, 6) is 0.672. The number of hydrogen-bond donors (Lipinski definition) is 1. The van der Waals surface area contributed by atoms with E-state index in [1.807, 2.05) is 10.6 Å². The van der Waals surface area contributed by atoms with Crippen molar-refractivity contribution >= 4 is 27.7 Å². The van der Waals surface area contributed by atoms with Crippen LogP contribution in [0.1, 0.15) is 43.0 Å². The van der Waals surface area contributed by atoms with Gasteiger partial charge in [-0.2, -0.15) is 0 Å². The lowest BCUT2D eigenvalue weighted by molar-refractivity contribution is 0.114. The van der Waals surface area contributed by atoms with Crippen LogP contribution in [-0.4, -0.2) is 15.5 Å². The molecule has 0 aliphatic heterocycles. The molecule has 6 heteroatoms. The number of imidazole rings is 1. The summed E-state index contributed by atoms with van der Waals surface area (Å²) in [5, 5.41) is 0. The summed E-state index contributed by atoms with van der Waals surface area (Å²) in [5.41, 5.74) is 7.84. The molecule has 1 fully saturated rings. The van der Waals surface area contributed by atoms with E-state index < -0.39 is 12.2 Å². The van der Waals surface area contributed by atoms with Crippen LogP contribution in [-0.2, 0) is 4.74 Å². The van der Waals surface area contributed by atoms with E-state index in [2.05, 4.69) is 33.2 Å². The van der Waals surface area contributed by atoms with Gasteiger partial charge >= 0.3 is 6.09 Å². The maximum atomic E-state index is 10.8. The third kappa shape index (κ3) is 2.45. The molecule has 0 radical (unpaired) electrons. The number of aromatic nitrogens is 2. The van der Waals surface area contributed by atoms with Crippen LogP contribution < -0.4 is 5.73 Å². The molecule has 19 heavy (non-hydrogen) atoms. The average molecular weight is 324 g/mol. The van der Waals surface area contributed by atoms with Crippen molar-refractivity contribution in [2.24, 2.45) is 5.73 Å². The molecule has 0 bridgehead atoms. The number of carbonyl (C=O) groups excluding carboxylic acids is 1. The molecule has 100 valence electrons. The predicted octanol–water partition coefficient (Wildman–Crippen LogP) is 3.13. The van der Waals surface area contributed by atoms with E-state index in [4.69, 9.17) is 10.5 Å².